The molecule has 2 heterocycles. The smallest absolute Gasteiger partial charge is 0.159 e. The van der Waals surface area contributed by atoms with E-state index in [0.29, 0.717) is 5.82 Å². The number of hydrogen-bond acceptors (Lipinski definition) is 3. The number of fused-ring (bicyclic) bond motifs is 7. The van der Waals surface area contributed by atoms with Gasteiger partial charge in [0.1, 0.15) is 0 Å². The second-order valence-electron chi connectivity index (χ2n) is 14.5. The summed E-state index contributed by atoms with van der Waals surface area (Å²) in [4.78, 5) is 14.6. The quantitative estimate of drug-likeness (QED) is 0.167. The molecule has 260 valence electrons. The molecule has 3 heteroatoms. The Morgan fingerprint density at radius 1 is 0.286 bits per heavy atom. The molecule has 0 N–H and O–H groups in total. The topological polar surface area (TPSA) is 38.7 Å². The van der Waals surface area contributed by atoms with E-state index in [-0.39, 0.29) is 0 Å². The fourth-order valence-electron chi connectivity index (χ4n) is 8.31. The Labute approximate surface area is 324 Å². The molecule has 2 aromatic heterocycles. The van der Waals surface area contributed by atoms with E-state index in [0.717, 1.165) is 50.0 Å². The van der Waals surface area contributed by atoms with Gasteiger partial charge in [-0.25, -0.2) is 9.97 Å². The lowest BCUT2D eigenvalue weighted by atomic mass is 9.92. The van der Waals surface area contributed by atoms with Crippen molar-refractivity contribution in [2.75, 3.05) is 0 Å². The summed E-state index contributed by atoms with van der Waals surface area (Å²) in [7, 11) is 0. The summed E-state index contributed by atoms with van der Waals surface area (Å²) in [6, 6.07) is 67.4. The van der Waals surface area contributed by atoms with Gasteiger partial charge in [0.15, 0.2) is 5.82 Å². The number of benzene rings is 9. The first-order valence-electron chi connectivity index (χ1n) is 19.0. The first-order chi connectivity index (χ1) is 27.7. The molecule has 0 spiro atoms. The summed E-state index contributed by atoms with van der Waals surface area (Å²) in [5.74, 6) is 0.712. The number of rotatable bonds is 5. The van der Waals surface area contributed by atoms with Crippen LogP contribution >= 0.6 is 0 Å². The van der Waals surface area contributed by atoms with Crippen LogP contribution < -0.4 is 0 Å². The van der Waals surface area contributed by atoms with Gasteiger partial charge in [-0.1, -0.05) is 140 Å². The summed E-state index contributed by atoms with van der Waals surface area (Å²) in [6.07, 6.45) is 3.74. The van der Waals surface area contributed by atoms with Crippen LogP contribution in [-0.4, -0.2) is 15.0 Å². The monoisotopic (exact) mass is 711 g/mol. The van der Waals surface area contributed by atoms with Crippen LogP contribution in [0, 0.1) is 0 Å². The summed E-state index contributed by atoms with van der Waals surface area (Å²) in [6.45, 7) is 0. The van der Waals surface area contributed by atoms with Crippen molar-refractivity contribution >= 4 is 54.0 Å². The van der Waals surface area contributed by atoms with Crippen LogP contribution in [0.3, 0.4) is 0 Å². The highest BCUT2D eigenvalue weighted by Gasteiger charge is 2.13. The Morgan fingerprint density at radius 2 is 0.839 bits per heavy atom. The molecule has 0 radical (unpaired) electrons. The van der Waals surface area contributed by atoms with Gasteiger partial charge in [-0.05, 0) is 119 Å². The third-order valence-corrected chi connectivity index (χ3v) is 11.1. The Bertz CT molecular complexity index is 3330. The number of pyridine rings is 1. The average Bonchev–Trinajstić information content (AvgIpc) is 3.28. The number of nitrogens with zero attached hydrogens (tertiary/aromatic N) is 3. The molecule has 9 aromatic carbocycles. The summed E-state index contributed by atoms with van der Waals surface area (Å²) in [5, 5.41) is 11.1. The molecule has 0 atom stereocenters. The second-order valence-corrected chi connectivity index (χ2v) is 14.5. The van der Waals surface area contributed by atoms with Crippen molar-refractivity contribution in [2.45, 2.75) is 0 Å². The van der Waals surface area contributed by atoms with Crippen LogP contribution in [-0.2, 0) is 0 Å². The zero-order valence-electron chi connectivity index (χ0n) is 30.4. The molecule has 0 aliphatic carbocycles. The highest BCUT2D eigenvalue weighted by molar-refractivity contribution is 6.10. The first kappa shape index (κ1) is 32.0. The maximum Gasteiger partial charge on any atom is 0.159 e. The SMILES string of the molecule is c1cc(-c2cccc(-c3cc(-c4ccc5c(ccc6ccccc65)c4)cc4cccnc34)c2)cc(-c2ccnc(-c3ccc4c(ccc5ccccc54)c3)n2)c1. The zero-order valence-corrected chi connectivity index (χ0v) is 30.4. The maximum absolute atomic E-state index is 5.07. The van der Waals surface area contributed by atoms with Crippen LogP contribution in [0.15, 0.2) is 200 Å². The molecule has 0 saturated carbocycles. The second kappa shape index (κ2) is 13.1. The molecule has 11 rings (SSSR count). The van der Waals surface area contributed by atoms with E-state index in [4.69, 9.17) is 15.0 Å². The third-order valence-electron chi connectivity index (χ3n) is 11.1. The average molecular weight is 712 g/mol. The van der Waals surface area contributed by atoms with Crippen molar-refractivity contribution in [3.8, 4) is 56.0 Å². The summed E-state index contributed by atoms with van der Waals surface area (Å²) in [5.41, 5.74) is 10.8. The molecule has 0 fully saturated rings. The molecule has 0 amide bonds. The Kier molecular flexibility index (Phi) is 7.49. The highest BCUT2D eigenvalue weighted by atomic mass is 14.9. The lowest BCUT2D eigenvalue weighted by Crippen LogP contribution is -1.92. The molecule has 0 bridgehead atoms. The van der Waals surface area contributed by atoms with Gasteiger partial charge in [-0.15, -0.1) is 0 Å². The maximum atomic E-state index is 5.07. The summed E-state index contributed by atoms with van der Waals surface area (Å²) < 4.78 is 0. The van der Waals surface area contributed by atoms with Gasteiger partial charge in [0, 0.05) is 34.5 Å². The van der Waals surface area contributed by atoms with Crippen LogP contribution in [0.1, 0.15) is 0 Å². The van der Waals surface area contributed by atoms with Gasteiger partial charge in [-0.3, -0.25) is 4.98 Å². The van der Waals surface area contributed by atoms with E-state index in [1.165, 1.54) is 54.2 Å². The largest absolute Gasteiger partial charge is 0.256 e. The van der Waals surface area contributed by atoms with Gasteiger partial charge < -0.3 is 0 Å². The predicted octanol–water partition coefficient (Wildman–Crippen LogP) is 14.0. The third kappa shape index (κ3) is 5.57. The van der Waals surface area contributed by atoms with Crippen molar-refractivity contribution in [3.63, 3.8) is 0 Å². The van der Waals surface area contributed by atoms with Gasteiger partial charge in [0.25, 0.3) is 0 Å². The highest BCUT2D eigenvalue weighted by Crippen LogP contribution is 2.37. The van der Waals surface area contributed by atoms with Crippen LogP contribution in [0.5, 0.6) is 0 Å². The molecular weight excluding hydrogens is 679 g/mol. The Morgan fingerprint density at radius 3 is 1.59 bits per heavy atom. The van der Waals surface area contributed by atoms with Crippen molar-refractivity contribution in [2.24, 2.45) is 0 Å². The van der Waals surface area contributed by atoms with E-state index < -0.39 is 0 Å². The van der Waals surface area contributed by atoms with Crippen molar-refractivity contribution in [1.82, 2.24) is 15.0 Å². The fraction of sp³-hybridized carbons (Fsp3) is 0. The lowest BCUT2D eigenvalue weighted by molar-refractivity contribution is 1.18. The lowest BCUT2D eigenvalue weighted by Gasteiger charge is -2.13. The minimum Gasteiger partial charge on any atom is -0.256 e. The molecular formula is C53H33N3. The van der Waals surface area contributed by atoms with E-state index in [1.807, 2.05) is 24.5 Å². The predicted molar refractivity (Wildman–Crippen MR) is 235 cm³/mol. The van der Waals surface area contributed by atoms with E-state index >= 15 is 0 Å². The minimum absolute atomic E-state index is 0.712. The molecule has 3 nitrogen and oxygen atoms in total. The van der Waals surface area contributed by atoms with Crippen LogP contribution in [0.25, 0.3) is 110 Å². The number of aromatic nitrogens is 3. The van der Waals surface area contributed by atoms with Crippen molar-refractivity contribution in [3.05, 3.63) is 200 Å². The molecule has 0 aliphatic heterocycles. The summed E-state index contributed by atoms with van der Waals surface area (Å²) >= 11 is 0. The standard InChI is InChI=1S/C53H33N3/c1-3-15-46-34(8-1)17-19-40-29-38(21-23-48(40)46)45-32-43-14-7-26-54-52(43)50(33-45)39-12-5-10-36(28-39)37-11-6-13-42(30-37)51-25-27-55-53(56-51)44-22-24-49-41(31-44)20-18-35-9-2-4-16-47(35)49/h1-33H. The zero-order chi connectivity index (χ0) is 37.0. The van der Waals surface area contributed by atoms with E-state index in [9.17, 15) is 0 Å². The van der Waals surface area contributed by atoms with E-state index in [1.54, 1.807) is 0 Å². The van der Waals surface area contributed by atoms with E-state index in [2.05, 4.69) is 176 Å². The van der Waals surface area contributed by atoms with Gasteiger partial charge in [-0.2, -0.15) is 0 Å². The van der Waals surface area contributed by atoms with Crippen molar-refractivity contribution < 1.29 is 0 Å². The van der Waals surface area contributed by atoms with Gasteiger partial charge >= 0.3 is 0 Å². The Balaban J connectivity index is 0.952. The molecule has 0 unspecified atom stereocenters. The molecule has 11 aromatic rings. The molecule has 0 saturated heterocycles. The number of hydrogen-bond donors (Lipinski definition) is 0. The van der Waals surface area contributed by atoms with Gasteiger partial charge in [0.05, 0.1) is 11.2 Å². The van der Waals surface area contributed by atoms with Crippen LogP contribution in [0.4, 0.5) is 0 Å². The Hall–Kier alpha value is -7.49. The normalized spacial score (nSPS) is 11.6. The molecule has 0 aliphatic rings. The first-order valence-corrected chi connectivity index (χ1v) is 19.0. The van der Waals surface area contributed by atoms with Crippen molar-refractivity contribution in [1.29, 1.82) is 0 Å². The van der Waals surface area contributed by atoms with Gasteiger partial charge in [0.2, 0.25) is 0 Å². The molecule has 56 heavy (non-hydrogen) atoms. The van der Waals surface area contributed by atoms with Crippen LogP contribution in [0.2, 0.25) is 0 Å². The fourth-order valence-corrected chi connectivity index (χ4v) is 8.31. The minimum atomic E-state index is 0.712.